The Kier molecular flexibility index (Phi) is 3.79. The van der Waals surface area contributed by atoms with Crippen molar-refractivity contribution in [1.82, 2.24) is 9.88 Å². The largest absolute Gasteiger partial charge is 0.477 e. The average molecular weight is 254 g/mol. The molecule has 1 aliphatic heterocycles. The van der Waals surface area contributed by atoms with Crippen molar-refractivity contribution in [3.63, 3.8) is 0 Å². The topological polar surface area (TPSA) is 53.4 Å². The van der Waals surface area contributed by atoms with E-state index in [1.54, 1.807) is 6.92 Å². The van der Waals surface area contributed by atoms with E-state index in [-0.39, 0.29) is 0 Å². The van der Waals surface area contributed by atoms with Crippen LogP contribution in [0.4, 0.5) is 0 Å². The Morgan fingerprint density at radius 2 is 2.35 bits per heavy atom. The lowest BCUT2D eigenvalue weighted by Crippen LogP contribution is -2.36. The number of piperidine rings is 1. The third-order valence-electron chi connectivity index (χ3n) is 3.31. The Morgan fingerprint density at radius 3 is 2.94 bits per heavy atom. The number of hydrogen-bond acceptors (Lipinski definition) is 4. The van der Waals surface area contributed by atoms with E-state index in [1.165, 1.54) is 30.6 Å². The molecule has 94 valence electrons. The summed E-state index contributed by atoms with van der Waals surface area (Å²) in [5.74, 6) is -0.863. The summed E-state index contributed by atoms with van der Waals surface area (Å²) in [7, 11) is 0. The van der Waals surface area contributed by atoms with Gasteiger partial charge < -0.3 is 5.11 Å². The second kappa shape index (κ2) is 5.14. The summed E-state index contributed by atoms with van der Waals surface area (Å²) in [6, 6.07) is 0.584. The van der Waals surface area contributed by atoms with Crippen LogP contribution in [0.5, 0.6) is 0 Å². The predicted octanol–water partition coefficient (Wildman–Crippen LogP) is 2.52. The molecule has 1 aromatic rings. The van der Waals surface area contributed by atoms with Gasteiger partial charge in [0.05, 0.1) is 12.2 Å². The van der Waals surface area contributed by atoms with Crippen molar-refractivity contribution in [2.24, 2.45) is 0 Å². The van der Waals surface area contributed by atoms with Crippen LogP contribution in [0.15, 0.2) is 0 Å². The third kappa shape index (κ3) is 2.84. The normalized spacial score (nSPS) is 21.6. The lowest BCUT2D eigenvalue weighted by Gasteiger charge is -2.32. The Hall–Kier alpha value is -0.940. The molecule has 0 saturated carbocycles. The highest BCUT2D eigenvalue weighted by Crippen LogP contribution is 2.23. The van der Waals surface area contributed by atoms with Crippen LogP contribution in [0.1, 0.15) is 46.6 Å². The number of nitrogens with zero attached hydrogens (tertiary/aromatic N) is 2. The summed E-state index contributed by atoms with van der Waals surface area (Å²) in [5.41, 5.74) is 0.641. The molecule has 5 heteroatoms. The molecule has 2 heterocycles. The number of thiazole rings is 1. The minimum Gasteiger partial charge on any atom is -0.477 e. The van der Waals surface area contributed by atoms with E-state index in [0.717, 1.165) is 18.1 Å². The second-order valence-corrected chi connectivity index (χ2v) is 5.73. The van der Waals surface area contributed by atoms with Gasteiger partial charge in [-0.15, -0.1) is 11.3 Å². The van der Waals surface area contributed by atoms with Gasteiger partial charge in [0.2, 0.25) is 0 Å². The van der Waals surface area contributed by atoms with Gasteiger partial charge >= 0.3 is 5.97 Å². The van der Waals surface area contributed by atoms with E-state index in [1.807, 2.05) is 0 Å². The molecule has 17 heavy (non-hydrogen) atoms. The molecule has 4 nitrogen and oxygen atoms in total. The Labute approximate surface area is 105 Å². The van der Waals surface area contributed by atoms with Crippen LogP contribution in [0.3, 0.4) is 0 Å². The fourth-order valence-electron chi connectivity index (χ4n) is 2.28. The molecule has 0 aliphatic carbocycles. The predicted molar refractivity (Wildman–Crippen MR) is 67.5 cm³/mol. The highest BCUT2D eigenvalue weighted by atomic mass is 32.1. The number of carbonyl (C=O) groups is 1. The molecule has 0 spiro atoms. The zero-order chi connectivity index (χ0) is 12.4. The number of aryl methyl sites for hydroxylation is 1. The van der Waals surface area contributed by atoms with Crippen LogP contribution < -0.4 is 0 Å². The van der Waals surface area contributed by atoms with Crippen LogP contribution in [0, 0.1) is 6.92 Å². The third-order valence-corrected chi connectivity index (χ3v) is 4.44. The van der Waals surface area contributed by atoms with Gasteiger partial charge in [-0.25, -0.2) is 9.78 Å². The molecule has 0 aromatic carbocycles. The van der Waals surface area contributed by atoms with E-state index in [0.29, 0.717) is 16.6 Å². The number of aromatic nitrogens is 1. The number of carboxylic acids is 1. The molecule has 1 saturated heterocycles. The van der Waals surface area contributed by atoms with Crippen LogP contribution in [0.2, 0.25) is 0 Å². The Bertz CT molecular complexity index is 417. The fourth-order valence-corrected chi connectivity index (χ4v) is 3.21. The summed E-state index contributed by atoms with van der Waals surface area (Å²) in [6.45, 7) is 5.89. The van der Waals surface area contributed by atoms with Crippen LogP contribution in [-0.2, 0) is 6.54 Å². The van der Waals surface area contributed by atoms with E-state index in [2.05, 4.69) is 16.8 Å². The lowest BCUT2D eigenvalue weighted by molar-refractivity contribution is 0.0701. The average Bonchev–Trinajstić information content (AvgIpc) is 2.63. The lowest BCUT2D eigenvalue weighted by atomic mass is 10.0. The zero-order valence-corrected chi connectivity index (χ0v) is 11.1. The molecule has 1 fully saturated rings. The Morgan fingerprint density at radius 1 is 1.59 bits per heavy atom. The van der Waals surface area contributed by atoms with Gasteiger partial charge in [0.15, 0.2) is 0 Å². The first-order chi connectivity index (χ1) is 8.08. The number of hydrogen-bond donors (Lipinski definition) is 1. The summed E-state index contributed by atoms with van der Waals surface area (Å²) in [5, 5.41) is 9.92. The maximum absolute atomic E-state index is 10.9. The van der Waals surface area contributed by atoms with Gasteiger partial charge in [0, 0.05) is 6.04 Å². The number of rotatable bonds is 3. The van der Waals surface area contributed by atoms with Gasteiger partial charge in [0.1, 0.15) is 9.88 Å². The van der Waals surface area contributed by atoms with Gasteiger partial charge in [-0.1, -0.05) is 6.42 Å². The van der Waals surface area contributed by atoms with Crippen molar-refractivity contribution in [2.45, 2.75) is 45.7 Å². The first-order valence-electron chi connectivity index (χ1n) is 6.01. The number of likely N-dealkylation sites (tertiary alicyclic amines) is 1. The minimum atomic E-state index is -0.863. The van der Waals surface area contributed by atoms with E-state index in [4.69, 9.17) is 5.11 Å². The fraction of sp³-hybridized carbons (Fsp3) is 0.667. The SMILES string of the molecule is Cc1nc(CN2CCCCC2C)sc1C(=O)O. The summed E-state index contributed by atoms with van der Waals surface area (Å²) in [4.78, 5) is 18.1. The van der Waals surface area contributed by atoms with Crippen molar-refractivity contribution in [1.29, 1.82) is 0 Å². The van der Waals surface area contributed by atoms with E-state index in [9.17, 15) is 4.79 Å². The molecular formula is C12H18N2O2S. The minimum absolute atomic E-state index is 0.379. The van der Waals surface area contributed by atoms with E-state index >= 15 is 0 Å². The molecule has 0 bridgehead atoms. The quantitative estimate of drug-likeness (QED) is 0.900. The molecule has 0 radical (unpaired) electrons. The molecule has 0 amide bonds. The summed E-state index contributed by atoms with van der Waals surface area (Å²) < 4.78 is 0. The standard InChI is InChI=1S/C12H18N2O2S/c1-8-5-3-4-6-14(8)7-10-13-9(2)11(17-10)12(15)16/h8H,3-7H2,1-2H3,(H,15,16). The first kappa shape index (κ1) is 12.5. The van der Waals surface area contributed by atoms with Crippen LogP contribution in [-0.4, -0.2) is 33.5 Å². The summed E-state index contributed by atoms with van der Waals surface area (Å²) in [6.07, 6.45) is 3.77. The zero-order valence-electron chi connectivity index (χ0n) is 10.3. The maximum Gasteiger partial charge on any atom is 0.347 e. The molecule has 1 unspecified atom stereocenters. The van der Waals surface area contributed by atoms with Crippen molar-refractivity contribution in [2.75, 3.05) is 6.54 Å². The highest BCUT2D eigenvalue weighted by molar-refractivity contribution is 7.13. The van der Waals surface area contributed by atoms with Crippen molar-refractivity contribution in [3.8, 4) is 0 Å². The van der Waals surface area contributed by atoms with Crippen LogP contribution >= 0.6 is 11.3 Å². The Balaban J connectivity index is 2.07. The molecular weight excluding hydrogens is 236 g/mol. The maximum atomic E-state index is 10.9. The number of carboxylic acid groups (broad SMARTS) is 1. The van der Waals surface area contributed by atoms with Crippen molar-refractivity contribution >= 4 is 17.3 Å². The van der Waals surface area contributed by atoms with Gasteiger partial charge in [-0.3, -0.25) is 4.90 Å². The molecule has 1 N–H and O–H groups in total. The van der Waals surface area contributed by atoms with E-state index < -0.39 is 5.97 Å². The van der Waals surface area contributed by atoms with Gasteiger partial charge in [-0.2, -0.15) is 0 Å². The highest BCUT2D eigenvalue weighted by Gasteiger charge is 2.21. The smallest absolute Gasteiger partial charge is 0.347 e. The van der Waals surface area contributed by atoms with Gasteiger partial charge in [0.25, 0.3) is 0 Å². The molecule has 2 rings (SSSR count). The van der Waals surface area contributed by atoms with Gasteiger partial charge in [-0.05, 0) is 33.2 Å². The first-order valence-corrected chi connectivity index (χ1v) is 6.83. The van der Waals surface area contributed by atoms with Crippen molar-refractivity contribution in [3.05, 3.63) is 15.6 Å². The van der Waals surface area contributed by atoms with Crippen LogP contribution in [0.25, 0.3) is 0 Å². The summed E-state index contributed by atoms with van der Waals surface area (Å²) >= 11 is 1.31. The molecule has 1 aromatic heterocycles. The number of aromatic carboxylic acids is 1. The molecule has 1 aliphatic rings. The monoisotopic (exact) mass is 254 g/mol. The van der Waals surface area contributed by atoms with Crippen molar-refractivity contribution < 1.29 is 9.90 Å². The molecule has 1 atom stereocenters. The second-order valence-electron chi connectivity index (χ2n) is 4.64.